The minimum atomic E-state index is -0.924. The maximum atomic E-state index is 12.9. The Morgan fingerprint density at radius 3 is 2.64 bits per heavy atom. The van der Waals surface area contributed by atoms with Gasteiger partial charge in [0.05, 0.1) is 11.6 Å². The third-order valence-corrected chi connectivity index (χ3v) is 4.42. The summed E-state index contributed by atoms with van der Waals surface area (Å²) in [6.07, 6.45) is 1.96. The summed E-state index contributed by atoms with van der Waals surface area (Å²) in [5.74, 6) is -1.41. The topological polar surface area (TPSA) is 55.4 Å². The zero-order valence-electron chi connectivity index (χ0n) is 14.0. The molecule has 2 aromatic rings. The highest BCUT2D eigenvalue weighted by Crippen LogP contribution is 2.29. The molecule has 0 aromatic heterocycles. The Morgan fingerprint density at radius 2 is 1.88 bits per heavy atom. The van der Waals surface area contributed by atoms with Crippen molar-refractivity contribution in [3.63, 3.8) is 0 Å². The van der Waals surface area contributed by atoms with E-state index in [9.17, 15) is 14.0 Å². The predicted octanol–water partition coefficient (Wildman–Crippen LogP) is 3.56. The molecule has 0 saturated carbocycles. The number of rotatable bonds is 4. The molecule has 2 aromatic carbocycles. The molecule has 1 amide bonds. The lowest BCUT2D eigenvalue weighted by Crippen LogP contribution is -2.39. The number of carbonyl (C=O) groups is 2. The molecule has 4 nitrogen and oxygen atoms in total. The van der Waals surface area contributed by atoms with Crippen molar-refractivity contribution in [2.45, 2.75) is 38.3 Å². The molecule has 0 aliphatic heterocycles. The minimum Gasteiger partial charge on any atom is -0.449 e. The number of ether oxygens (including phenoxy) is 1. The highest BCUT2D eigenvalue weighted by molar-refractivity contribution is 5.92. The van der Waals surface area contributed by atoms with E-state index >= 15 is 0 Å². The van der Waals surface area contributed by atoms with Crippen molar-refractivity contribution < 1.29 is 18.7 Å². The average Bonchev–Trinajstić information content (AvgIpc) is 2.62. The van der Waals surface area contributed by atoms with E-state index in [1.807, 2.05) is 18.2 Å². The first-order valence-corrected chi connectivity index (χ1v) is 8.39. The van der Waals surface area contributed by atoms with Gasteiger partial charge in [0.1, 0.15) is 5.82 Å². The van der Waals surface area contributed by atoms with Crippen molar-refractivity contribution >= 4 is 11.9 Å². The molecule has 25 heavy (non-hydrogen) atoms. The van der Waals surface area contributed by atoms with Gasteiger partial charge in [-0.2, -0.15) is 0 Å². The third kappa shape index (κ3) is 4.05. The maximum absolute atomic E-state index is 12.9. The average molecular weight is 341 g/mol. The van der Waals surface area contributed by atoms with Crippen molar-refractivity contribution in [3.8, 4) is 0 Å². The van der Waals surface area contributed by atoms with Crippen molar-refractivity contribution in [1.29, 1.82) is 0 Å². The number of aryl methyl sites for hydroxylation is 1. The minimum absolute atomic E-state index is 0.0653. The van der Waals surface area contributed by atoms with Gasteiger partial charge in [-0.25, -0.2) is 9.18 Å². The second kappa shape index (κ2) is 7.47. The van der Waals surface area contributed by atoms with Gasteiger partial charge in [0.25, 0.3) is 5.91 Å². The van der Waals surface area contributed by atoms with E-state index in [0.717, 1.165) is 24.8 Å². The van der Waals surface area contributed by atoms with E-state index in [2.05, 4.69) is 11.4 Å². The summed E-state index contributed by atoms with van der Waals surface area (Å²) in [5, 5.41) is 2.96. The first-order valence-electron chi connectivity index (χ1n) is 8.39. The summed E-state index contributed by atoms with van der Waals surface area (Å²) < 4.78 is 18.1. The molecular formula is C20H20FNO3. The lowest BCUT2D eigenvalue weighted by Gasteiger charge is -2.27. The van der Waals surface area contributed by atoms with Crippen molar-refractivity contribution in [2.75, 3.05) is 0 Å². The number of halogens is 1. The molecule has 0 unspecified atom stereocenters. The van der Waals surface area contributed by atoms with Crippen molar-refractivity contribution in [3.05, 3.63) is 71.0 Å². The Hall–Kier alpha value is -2.69. The number of benzene rings is 2. The van der Waals surface area contributed by atoms with Gasteiger partial charge in [0.2, 0.25) is 0 Å². The van der Waals surface area contributed by atoms with E-state index in [-0.39, 0.29) is 17.5 Å². The van der Waals surface area contributed by atoms with Crippen LogP contribution >= 0.6 is 0 Å². The van der Waals surface area contributed by atoms with Gasteiger partial charge in [-0.3, -0.25) is 4.79 Å². The standard InChI is InChI=1S/C20H20FNO3/c1-13(25-20(24)15-9-11-16(21)12-10-15)19(23)22-18-8-4-6-14-5-2-3-7-17(14)18/h2-3,5,7,9-13,18H,4,6,8H2,1H3,(H,22,23)/t13-,18-/m1/s1. The first kappa shape index (κ1) is 17.1. The fourth-order valence-electron chi connectivity index (χ4n) is 3.06. The summed E-state index contributed by atoms with van der Waals surface area (Å²) in [4.78, 5) is 24.4. The molecule has 5 heteroatoms. The number of esters is 1. The second-order valence-corrected chi connectivity index (χ2v) is 6.21. The summed E-state index contributed by atoms with van der Waals surface area (Å²) in [7, 11) is 0. The zero-order chi connectivity index (χ0) is 17.8. The number of nitrogens with one attached hydrogen (secondary N) is 1. The van der Waals surface area contributed by atoms with Crippen LogP contribution < -0.4 is 5.32 Å². The molecule has 1 aliphatic carbocycles. The van der Waals surface area contributed by atoms with Crippen LogP contribution in [0.1, 0.15) is 47.3 Å². The molecular weight excluding hydrogens is 321 g/mol. The molecule has 0 bridgehead atoms. The molecule has 0 radical (unpaired) electrons. The molecule has 3 rings (SSSR count). The molecule has 130 valence electrons. The van der Waals surface area contributed by atoms with Crippen LogP contribution in [-0.2, 0) is 16.0 Å². The van der Waals surface area contributed by atoms with Gasteiger partial charge in [-0.1, -0.05) is 24.3 Å². The van der Waals surface area contributed by atoms with E-state index in [1.165, 1.54) is 36.8 Å². The van der Waals surface area contributed by atoms with Gasteiger partial charge in [0, 0.05) is 0 Å². The van der Waals surface area contributed by atoms with Crippen LogP contribution in [-0.4, -0.2) is 18.0 Å². The first-order chi connectivity index (χ1) is 12.0. The fourth-order valence-corrected chi connectivity index (χ4v) is 3.06. The van der Waals surface area contributed by atoms with Gasteiger partial charge in [-0.15, -0.1) is 0 Å². The van der Waals surface area contributed by atoms with Crippen molar-refractivity contribution in [1.82, 2.24) is 5.32 Å². The van der Waals surface area contributed by atoms with E-state index in [1.54, 1.807) is 0 Å². The Bertz CT molecular complexity index is 773. The maximum Gasteiger partial charge on any atom is 0.338 e. The summed E-state index contributed by atoms with van der Waals surface area (Å²) in [6, 6.07) is 13.0. The molecule has 1 aliphatic rings. The molecule has 0 spiro atoms. The quantitative estimate of drug-likeness (QED) is 0.865. The van der Waals surface area contributed by atoms with Gasteiger partial charge in [-0.05, 0) is 61.6 Å². The lowest BCUT2D eigenvalue weighted by atomic mass is 9.87. The summed E-state index contributed by atoms with van der Waals surface area (Å²) in [5.41, 5.74) is 2.58. The summed E-state index contributed by atoms with van der Waals surface area (Å²) >= 11 is 0. The molecule has 0 fully saturated rings. The molecule has 0 heterocycles. The SMILES string of the molecule is C[C@@H](OC(=O)c1ccc(F)cc1)C(=O)N[C@@H]1CCCc2ccccc21. The normalized spacial score (nSPS) is 17.3. The molecule has 0 saturated heterocycles. The zero-order valence-corrected chi connectivity index (χ0v) is 14.0. The Morgan fingerprint density at radius 1 is 1.16 bits per heavy atom. The number of amides is 1. The highest BCUT2D eigenvalue weighted by atomic mass is 19.1. The third-order valence-electron chi connectivity index (χ3n) is 4.42. The number of fused-ring (bicyclic) bond motifs is 1. The van der Waals surface area contributed by atoms with E-state index < -0.39 is 17.9 Å². The Labute approximate surface area is 146 Å². The highest BCUT2D eigenvalue weighted by Gasteiger charge is 2.25. The van der Waals surface area contributed by atoms with Crippen LogP contribution in [0.5, 0.6) is 0 Å². The van der Waals surface area contributed by atoms with Gasteiger partial charge < -0.3 is 10.1 Å². The van der Waals surface area contributed by atoms with Gasteiger partial charge >= 0.3 is 5.97 Å². The van der Waals surface area contributed by atoms with Gasteiger partial charge in [0.15, 0.2) is 6.10 Å². The fraction of sp³-hybridized carbons (Fsp3) is 0.300. The number of hydrogen-bond acceptors (Lipinski definition) is 3. The van der Waals surface area contributed by atoms with E-state index in [0.29, 0.717) is 0 Å². The van der Waals surface area contributed by atoms with Crippen LogP contribution in [0.3, 0.4) is 0 Å². The number of hydrogen-bond donors (Lipinski definition) is 1. The van der Waals surface area contributed by atoms with Crippen LogP contribution in [0.25, 0.3) is 0 Å². The largest absolute Gasteiger partial charge is 0.449 e. The van der Waals surface area contributed by atoms with Crippen molar-refractivity contribution in [2.24, 2.45) is 0 Å². The van der Waals surface area contributed by atoms with Crippen LogP contribution in [0.4, 0.5) is 4.39 Å². The molecule has 1 N–H and O–H groups in total. The van der Waals surface area contributed by atoms with E-state index in [4.69, 9.17) is 4.74 Å². The Kier molecular flexibility index (Phi) is 5.12. The predicted molar refractivity (Wildman–Crippen MR) is 91.5 cm³/mol. The van der Waals surface area contributed by atoms with Crippen LogP contribution in [0.2, 0.25) is 0 Å². The molecule has 2 atom stereocenters. The van der Waals surface area contributed by atoms with Crippen LogP contribution in [0.15, 0.2) is 48.5 Å². The second-order valence-electron chi connectivity index (χ2n) is 6.21. The summed E-state index contributed by atoms with van der Waals surface area (Å²) in [6.45, 7) is 1.53. The monoisotopic (exact) mass is 341 g/mol. The Balaban J connectivity index is 1.62. The van der Waals surface area contributed by atoms with Crippen LogP contribution in [0, 0.1) is 5.82 Å². The lowest BCUT2D eigenvalue weighted by molar-refractivity contribution is -0.130. The number of carbonyl (C=O) groups excluding carboxylic acids is 2. The smallest absolute Gasteiger partial charge is 0.338 e.